The molecule has 4 heteroatoms. The molecular weight excluding hydrogens is 460 g/mol. The van der Waals surface area contributed by atoms with Crippen molar-refractivity contribution in [3.63, 3.8) is 0 Å². The lowest BCUT2D eigenvalue weighted by Crippen LogP contribution is -2.53. The van der Waals surface area contributed by atoms with Crippen molar-refractivity contribution in [3.05, 3.63) is 11.6 Å². The van der Waals surface area contributed by atoms with Crippen LogP contribution in [-0.4, -0.2) is 23.6 Å². The summed E-state index contributed by atoms with van der Waals surface area (Å²) in [5, 5.41) is 0. The summed E-state index contributed by atoms with van der Waals surface area (Å²) in [5.41, 5.74) is 0.912. The SMILES string of the molecule is CCCCCCCCCCCCCC(=O)O[C@H]1CC[C@@]2(C)C(=CC(=O)C3C2CC[C@]2(C)C(=O)CCC32)C1. The number of carbonyl (C=O) groups is 3. The van der Waals surface area contributed by atoms with Crippen LogP contribution in [0.4, 0.5) is 0 Å². The van der Waals surface area contributed by atoms with Gasteiger partial charge in [0.15, 0.2) is 5.78 Å². The van der Waals surface area contributed by atoms with E-state index < -0.39 is 0 Å². The lowest BCUT2D eigenvalue weighted by Gasteiger charge is -2.56. The fourth-order valence-electron chi connectivity index (χ4n) is 8.42. The molecule has 3 unspecified atom stereocenters. The van der Waals surface area contributed by atoms with Crippen LogP contribution in [0.3, 0.4) is 0 Å². The van der Waals surface area contributed by atoms with E-state index in [1.165, 1.54) is 63.4 Å². The van der Waals surface area contributed by atoms with Gasteiger partial charge in [0.05, 0.1) is 0 Å². The highest BCUT2D eigenvalue weighted by Crippen LogP contribution is 2.63. The molecule has 0 heterocycles. The molecule has 6 atom stereocenters. The molecule has 0 aromatic carbocycles. The average molecular weight is 513 g/mol. The Bertz CT molecular complexity index is 858. The molecule has 4 aliphatic carbocycles. The van der Waals surface area contributed by atoms with Gasteiger partial charge in [-0.3, -0.25) is 14.4 Å². The summed E-state index contributed by atoms with van der Waals surface area (Å²) in [7, 11) is 0. The molecule has 0 aliphatic heterocycles. The summed E-state index contributed by atoms with van der Waals surface area (Å²) in [5.74, 6) is 1.08. The van der Waals surface area contributed by atoms with E-state index in [9.17, 15) is 14.4 Å². The molecule has 0 spiro atoms. The first kappa shape index (κ1) is 28.6. The van der Waals surface area contributed by atoms with Gasteiger partial charge >= 0.3 is 5.97 Å². The molecule has 0 N–H and O–H groups in total. The van der Waals surface area contributed by atoms with E-state index in [1.54, 1.807) is 0 Å². The minimum absolute atomic E-state index is 0.000826. The molecule has 37 heavy (non-hydrogen) atoms. The van der Waals surface area contributed by atoms with Crippen LogP contribution >= 0.6 is 0 Å². The fourth-order valence-corrected chi connectivity index (χ4v) is 8.42. The molecule has 0 saturated heterocycles. The van der Waals surface area contributed by atoms with E-state index >= 15 is 0 Å². The molecule has 0 bridgehead atoms. The van der Waals surface area contributed by atoms with Crippen LogP contribution in [0.2, 0.25) is 0 Å². The number of rotatable bonds is 13. The van der Waals surface area contributed by atoms with Gasteiger partial charge in [-0.15, -0.1) is 0 Å². The maximum atomic E-state index is 13.4. The molecule has 208 valence electrons. The second kappa shape index (κ2) is 12.6. The summed E-state index contributed by atoms with van der Waals surface area (Å²) in [6, 6.07) is 0. The molecule has 4 nitrogen and oxygen atoms in total. The summed E-state index contributed by atoms with van der Waals surface area (Å²) in [6.45, 7) is 6.72. The van der Waals surface area contributed by atoms with Gasteiger partial charge < -0.3 is 4.74 Å². The van der Waals surface area contributed by atoms with Crippen LogP contribution in [0.5, 0.6) is 0 Å². The van der Waals surface area contributed by atoms with Crippen molar-refractivity contribution in [1.82, 2.24) is 0 Å². The van der Waals surface area contributed by atoms with Crippen molar-refractivity contribution < 1.29 is 19.1 Å². The van der Waals surface area contributed by atoms with Crippen molar-refractivity contribution in [3.8, 4) is 0 Å². The number of carbonyl (C=O) groups excluding carboxylic acids is 3. The number of esters is 1. The van der Waals surface area contributed by atoms with Gasteiger partial charge in [0.2, 0.25) is 0 Å². The maximum Gasteiger partial charge on any atom is 0.306 e. The van der Waals surface area contributed by atoms with Gasteiger partial charge in [-0.25, -0.2) is 0 Å². The maximum absolute atomic E-state index is 13.4. The Morgan fingerprint density at radius 2 is 1.43 bits per heavy atom. The third kappa shape index (κ3) is 6.25. The van der Waals surface area contributed by atoms with Crippen molar-refractivity contribution in [2.75, 3.05) is 0 Å². The van der Waals surface area contributed by atoms with Crippen molar-refractivity contribution >= 4 is 17.5 Å². The summed E-state index contributed by atoms with van der Waals surface area (Å²) < 4.78 is 5.91. The molecule has 0 radical (unpaired) electrons. The fraction of sp³-hybridized carbons (Fsp3) is 0.848. The third-order valence-electron chi connectivity index (χ3n) is 10.9. The zero-order valence-corrected chi connectivity index (χ0v) is 24.0. The summed E-state index contributed by atoms with van der Waals surface area (Å²) in [4.78, 5) is 38.6. The molecule has 4 rings (SSSR count). The zero-order chi connectivity index (χ0) is 26.5. The Kier molecular flexibility index (Phi) is 9.73. The predicted molar refractivity (Wildman–Crippen MR) is 148 cm³/mol. The first-order valence-corrected chi connectivity index (χ1v) is 15.8. The van der Waals surface area contributed by atoms with E-state index in [1.807, 2.05) is 6.08 Å². The summed E-state index contributed by atoms with van der Waals surface area (Å²) in [6.07, 6.45) is 22.3. The predicted octanol–water partition coefficient (Wildman–Crippen LogP) is 8.31. The first-order valence-electron chi connectivity index (χ1n) is 15.8. The second-order valence-corrected chi connectivity index (χ2v) is 13.3. The average Bonchev–Trinajstić information content (AvgIpc) is 3.17. The van der Waals surface area contributed by atoms with Crippen LogP contribution in [0.25, 0.3) is 0 Å². The van der Waals surface area contributed by atoms with E-state index in [0.29, 0.717) is 31.0 Å². The minimum Gasteiger partial charge on any atom is -0.462 e. The van der Waals surface area contributed by atoms with Crippen LogP contribution in [0, 0.1) is 28.6 Å². The molecule has 4 aliphatic rings. The number of allylic oxidation sites excluding steroid dienone is 1. The number of ether oxygens (including phenoxy) is 1. The topological polar surface area (TPSA) is 60.4 Å². The summed E-state index contributed by atoms with van der Waals surface area (Å²) >= 11 is 0. The van der Waals surface area contributed by atoms with Gasteiger partial charge in [0.25, 0.3) is 0 Å². The molecule has 3 saturated carbocycles. The van der Waals surface area contributed by atoms with E-state index in [2.05, 4.69) is 20.8 Å². The molecule has 0 aromatic rings. The third-order valence-corrected chi connectivity index (χ3v) is 10.9. The molecule has 0 amide bonds. The Labute approximate surface area is 225 Å². The lowest BCUT2D eigenvalue weighted by molar-refractivity contribution is -0.152. The van der Waals surface area contributed by atoms with E-state index in [4.69, 9.17) is 4.74 Å². The Morgan fingerprint density at radius 3 is 2.11 bits per heavy atom. The van der Waals surface area contributed by atoms with Crippen LogP contribution in [-0.2, 0) is 19.1 Å². The normalized spacial score (nSPS) is 34.9. The Hall–Kier alpha value is -1.45. The number of Topliss-reactive ketones (excluding diaryl/α,β-unsaturated/α-hetero) is 1. The van der Waals surface area contributed by atoms with Crippen LogP contribution < -0.4 is 0 Å². The number of hydrogen-bond acceptors (Lipinski definition) is 4. The van der Waals surface area contributed by atoms with Crippen molar-refractivity contribution in [1.29, 1.82) is 0 Å². The molecular formula is C33H52O4. The highest BCUT2D eigenvalue weighted by Gasteiger charge is 2.61. The van der Waals surface area contributed by atoms with Gasteiger partial charge in [-0.2, -0.15) is 0 Å². The Morgan fingerprint density at radius 1 is 0.838 bits per heavy atom. The van der Waals surface area contributed by atoms with Gasteiger partial charge in [-0.05, 0) is 61.9 Å². The molecule has 3 fully saturated rings. The van der Waals surface area contributed by atoms with Crippen LogP contribution in [0.1, 0.15) is 143 Å². The smallest absolute Gasteiger partial charge is 0.306 e. The zero-order valence-electron chi connectivity index (χ0n) is 24.0. The number of hydrogen-bond donors (Lipinski definition) is 0. The number of unbranched alkanes of at least 4 members (excludes halogenated alkanes) is 10. The quantitative estimate of drug-likeness (QED) is 0.184. The second-order valence-electron chi connectivity index (χ2n) is 13.3. The first-order chi connectivity index (χ1) is 17.8. The highest BCUT2D eigenvalue weighted by molar-refractivity contribution is 5.96. The van der Waals surface area contributed by atoms with Gasteiger partial charge in [0, 0.05) is 30.6 Å². The van der Waals surface area contributed by atoms with Crippen LogP contribution in [0.15, 0.2) is 11.6 Å². The van der Waals surface area contributed by atoms with E-state index in [0.717, 1.165) is 44.9 Å². The standard InChI is InChI=1S/C33H52O4/c1-4-5-6-7-8-9-10-11-12-13-14-15-30(36)37-25-18-20-32(2)24(22-25)23-28(34)31-26-16-17-29(35)33(26,3)21-19-27(31)32/h23,25-27,31H,4-22H2,1-3H3/t25-,26?,27?,31?,32-,33-/m0/s1. The minimum atomic E-state index is -0.292. The van der Waals surface area contributed by atoms with Gasteiger partial charge in [-0.1, -0.05) is 90.6 Å². The molecule has 0 aromatic heterocycles. The van der Waals surface area contributed by atoms with Gasteiger partial charge in [0.1, 0.15) is 11.9 Å². The largest absolute Gasteiger partial charge is 0.462 e. The monoisotopic (exact) mass is 512 g/mol. The lowest BCUT2D eigenvalue weighted by atomic mass is 9.48. The van der Waals surface area contributed by atoms with E-state index in [-0.39, 0.29) is 40.5 Å². The van der Waals surface area contributed by atoms with Crippen molar-refractivity contribution in [2.24, 2.45) is 28.6 Å². The highest BCUT2D eigenvalue weighted by atomic mass is 16.5. The number of fused-ring (bicyclic) bond motifs is 5. The number of ketones is 2. The van der Waals surface area contributed by atoms with Crippen molar-refractivity contribution in [2.45, 2.75) is 149 Å². The Balaban J connectivity index is 1.19.